The zero-order chi connectivity index (χ0) is 10.6. The minimum absolute atomic E-state index is 0.428. The van der Waals surface area contributed by atoms with Gasteiger partial charge in [0, 0.05) is 31.9 Å². The Morgan fingerprint density at radius 1 is 1.29 bits per heavy atom. The van der Waals surface area contributed by atoms with Crippen LogP contribution in [0.15, 0.2) is 4.99 Å². The zero-order valence-electron chi connectivity index (χ0n) is 9.38. The summed E-state index contributed by atoms with van der Waals surface area (Å²) in [5.74, 6) is 0.428. The molecule has 1 aliphatic heterocycles. The van der Waals surface area contributed by atoms with Crippen LogP contribution in [0.2, 0.25) is 0 Å². The summed E-state index contributed by atoms with van der Waals surface area (Å²) >= 11 is 0. The number of nitrogens with zero attached hydrogens (tertiary/aromatic N) is 3. The third-order valence-corrected chi connectivity index (χ3v) is 2.61. The summed E-state index contributed by atoms with van der Waals surface area (Å²) in [5, 5.41) is 7.80. The van der Waals surface area contributed by atoms with Gasteiger partial charge in [0.15, 0.2) is 0 Å². The van der Waals surface area contributed by atoms with Crippen LogP contribution in [0.5, 0.6) is 0 Å². The van der Waals surface area contributed by atoms with Crippen molar-refractivity contribution in [2.75, 3.05) is 33.2 Å². The average molecular weight is 196 g/mol. The van der Waals surface area contributed by atoms with Crippen LogP contribution >= 0.6 is 0 Å². The molecule has 0 saturated carbocycles. The van der Waals surface area contributed by atoms with E-state index < -0.39 is 0 Å². The molecule has 1 heterocycles. The summed E-state index contributed by atoms with van der Waals surface area (Å²) in [6, 6.07) is 0. The molecule has 0 unspecified atom stereocenters. The molecule has 0 aromatic heterocycles. The Morgan fingerprint density at radius 2 is 1.86 bits per heavy atom. The number of aliphatic imine (C=N–C) groups is 1. The van der Waals surface area contributed by atoms with Crippen LogP contribution in [0.4, 0.5) is 0 Å². The number of piperazine rings is 1. The molecule has 0 spiro atoms. The van der Waals surface area contributed by atoms with Crippen LogP contribution in [0.3, 0.4) is 0 Å². The van der Waals surface area contributed by atoms with E-state index in [2.05, 4.69) is 23.9 Å². The lowest BCUT2D eigenvalue weighted by molar-refractivity contribution is 0.213. The number of nitrogens with one attached hydrogen (secondary N) is 1. The highest BCUT2D eigenvalue weighted by Gasteiger charge is 2.15. The lowest BCUT2D eigenvalue weighted by Gasteiger charge is -2.32. The van der Waals surface area contributed by atoms with Gasteiger partial charge in [-0.25, -0.2) is 4.99 Å². The van der Waals surface area contributed by atoms with E-state index >= 15 is 0 Å². The van der Waals surface area contributed by atoms with Crippen LogP contribution in [-0.4, -0.2) is 54.7 Å². The Labute approximate surface area is 86.1 Å². The lowest BCUT2D eigenvalue weighted by Crippen LogP contribution is -2.46. The van der Waals surface area contributed by atoms with Crippen molar-refractivity contribution in [3.63, 3.8) is 0 Å². The molecular formula is C10H20N4. The van der Waals surface area contributed by atoms with Crippen molar-refractivity contribution < 1.29 is 0 Å². The molecule has 1 saturated heterocycles. The van der Waals surface area contributed by atoms with Crippen LogP contribution in [0, 0.1) is 5.41 Å². The van der Waals surface area contributed by atoms with Gasteiger partial charge in [0.05, 0.1) is 0 Å². The maximum atomic E-state index is 7.80. The largest absolute Gasteiger partial charge is 0.339 e. The van der Waals surface area contributed by atoms with Gasteiger partial charge in [0.25, 0.3) is 0 Å². The predicted octanol–water partition coefficient (Wildman–Crippen LogP) is 1.04. The molecule has 0 bridgehead atoms. The van der Waals surface area contributed by atoms with Gasteiger partial charge in [-0.15, -0.1) is 0 Å². The first-order valence-electron chi connectivity index (χ1n) is 5.19. The Bertz CT molecular complexity index is 226. The standard InChI is InChI=1S/C10H20N4/c1-4-9(2)12-10(11)14-7-5-13(3)6-8-14/h11H,4-8H2,1-3H3/b11-10?,12-9+. The molecule has 14 heavy (non-hydrogen) atoms. The highest BCUT2D eigenvalue weighted by molar-refractivity contribution is 5.94. The molecule has 4 nitrogen and oxygen atoms in total. The maximum Gasteiger partial charge on any atom is 0.217 e. The molecule has 1 N–H and O–H groups in total. The van der Waals surface area contributed by atoms with Crippen molar-refractivity contribution in [1.29, 1.82) is 5.41 Å². The summed E-state index contributed by atoms with van der Waals surface area (Å²) in [5.41, 5.74) is 1.04. The lowest BCUT2D eigenvalue weighted by atomic mass is 10.3. The molecular weight excluding hydrogens is 176 g/mol. The molecule has 0 amide bonds. The van der Waals surface area contributed by atoms with Gasteiger partial charge in [-0.2, -0.15) is 0 Å². The molecule has 80 valence electrons. The molecule has 0 radical (unpaired) electrons. The molecule has 1 rings (SSSR count). The Kier molecular flexibility index (Phi) is 4.07. The van der Waals surface area contributed by atoms with Gasteiger partial charge in [-0.1, -0.05) is 6.92 Å². The van der Waals surface area contributed by atoms with Crippen molar-refractivity contribution >= 4 is 11.7 Å². The van der Waals surface area contributed by atoms with Crippen LogP contribution in [-0.2, 0) is 0 Å². The summed E-state index contributed by atoms with van der Waals surface area (Å²) in [6.07, 6.45) is 0.927. The molecule has 0 atom stereocenters. The molecule has 1 fully saturated rings. The number of likely N-dealkylation sites (N-methyl/N-ethyl adjacent to an activating group) is 1. The van der Waals surface area contributed by atoms with E-state index in [1.807, 2.05) is 11.8 Å². The van der Waals surface area contributed by atoms with E-state index in [1.165, 1.54) is 0 Å². The Hall–Kier alpha value is -0.900. The van der Waals surface area contributed by atoms with Gasteiger partial charge >= 0.3 is 0 Å². The third-order valence-electron chi connectivity index (χ3n) is 2.61. The Balaban J connectivity index is 2.46. The number of hydrogen-bond donors (Lipinski definition) is 1. The first-order valence-corrected chi connectivity index (χ1v) is 5.19. The van der Waals surface area contributed by atoms with Crippen LogP contribution in [0.1, 0.15) is 20.3 Å². The van der Waals surface area contributed by atoms with Crippen molar-refractivity contribution in [3.8, 4) is 0 Å². The first kappa shape index (κ1) is 11.2. The fourth-order valence-corrected chi connectivity index (χ4v) is 1.35. The smallest absolute Gasteiger partial charge is 0.217 e. The normalized spacial score (nSPS) is 19.9. The highest BCUT2D eigenvalue weighted by atomic mass is 15.3. The molecule has 1 aliphatic rings. The van der Waals surface area contributed by atoms with Gasteiger partial charge in [-0.05, 0) is 20.4 Å². The van der Waals surface area contributed by atoms with Gasteiger partial charge < -0.3 is 9.80 Å². The quantitative estimate of drug-likeness (QED) is 0.503. The fourth-order valence-electron chi connectivity index (χ4n) is 1.35. The second-order valence-electron chi connectivity index (χ2n) is 3.81. The van der Waals surface area contributed by atoms with Crippen molar-refractivity contribution in [3.05, 3.63) is 0 Å². The van der Waals surface area contributed by atoms with E-state index in [0.29, 0.717) is 5.96 Å². The molecule has 0 aromatic rings. The van der Waals surface area contributed by atoms with Crippen molar-refractivity contribution in [1.82, 2.24) is 9.80 Å². The van der Waals surface area contributed by atoms with Crippen LogP contribution in [0.25, 0.3) is 0 Å². The van der Waals surface area contributed by atoms with E-state index in [-0.39, 0.29) is 0 Å². The minimum atomic E-state index is 0.428. The van der Waals surface area contributed by atoms with E-state index in [1.54, 1.807) is 0 Å². The number of hydrogen-bond acceptors (Lipinski definition) is 2. The number of rotatable bonds is 1. The molecule has 0 aromatic carbocycles. The highest BCUT2D eigenvalue weighted by Crippen LogP contribution is 2.01. The summed E-state index contributed by atoms with van der Waals surface area (Å²) in [7, 11) is 2.11. The summed E-state index contributed by atoms with van der Waals surface area (Å²) in [4.78, 5) is 8.57. The predicted molar refractivity (Wildman–Crippen MR) is 60.2 cm³/mol. The zero-order valence-corrected chi connectivity index (χ0v) is 9.38. The second-order valence-corrected chi connectivity index (χ2v) is 3.81. The summed E-state index contributed by atoms with van der Waals surface area (Å²) < 4.78 is 0. The second kappa shape index (κ2) is 5.10. The SMILES string of the molecule is CC/C(C)=N/C(=N)N1CCN(C)CC1. The third kappa shape index (κ3) is 3.10. The van der Waals surface area contributed by atoms with E-state index in [0.717, 1.165) is 38.3 Å². The monoisotopic (exact) mass is 196 g/mol. The fraction of sp³-hybridized carbons (Fsp3) is 0.800. The van der Waals surface area contributed by atoms with E-state index in [9.17, 15) is 0 Å². The average Bonchev–Trinajstić information content (AvgIpc) is 2.18. The van der Waals surface area contributed by atoms with E-state index in [4.69, 9.17) is 5.41 Å². The van der Waals surface area contributed by atoms with Gasteiger partial charge in [0.1, 0.15) is 0 Å². The Morgan fingerprint density at radius 3 is 2.36 bits per heavy atom. The molecule has 0 aliphatic carbocycles. The van der Waals surface area contributed by atoms with Gasteiger partial charge in [0.2, 0.25) is 5.96 Å². The maximum absolute atomic E-state index is 7.80. The van der Waals surface area contributed by atoms with Gasteiger partial charge in [-0.3, -0.25) is 5.41 Å². The first-order chi connectivity index (χ1) is 6.63. The van der Waals surface area contributed by atoms with Crippen molar-refractivity contribution in [2.24, 2.45) is 4.99 Å². The van der Waals surface area contributed by atoms with Crippen molar-refractivity contribution in [2.45, 2.75) is 20.3 Å². The minimum Gasteiger partial charge on any atom is -0.339 e. The number of guanidine groups is 1. The molecule has 4 heteroatoms. The summed E-state index contributed by atoms with van der Waals surface area (Å²) in [6.45, 7) is 7.96. The topological polar surface area (TPSA) is 42.7 Å². The van der Waals surface area contributed by atoms with Crippen LogP contribution < -0.4 is 0 Å².